The van der Waals surface area contributed by atoms with E-state index in [0.717, 1.165) is 0 Å². The van der Waals surface area contributed by atoms with Gasteiger partial charge in [0.15, 0.2) is 0 Å². The minimum absolute atomic E-state index is 1.67. The van der Waals surface area contributed by atoms with Crippen LogP contribution in [0.15, 0.2) is 12.7 Å². The molecule has 0 saturated heterocycles. The van der Waals surface area contributed by atoms with Crippen molar-refractivity contribution in [3.05, 3.63) is 18.0 Å². The van der Waals surface area contributed by atoms with Crippen LogP contribution in [0.3, 0.4) is 0 Å². The minimum Gasteiger partial charge on any atom is -0.102 e. The van der Waals surface area contributed by atoms with Crippen molar-refractivity contribution in [1.82, 2.24) is 0 Å². The summed E-state index contributed by atoms with van der Waals surface area (Å²) in [6, 6.07) is 0. The first-order valence-corrected chi connectivity index (χ1v) is 1.88. The Bertz CT molecular complexity index is 17.2. The highest BCUT2D eigenvalue weighted by molar-refractivity contribution is 9.10. The van der Waals surface area contributed by atoms with E-state index in [0.29, 0.717) is 0 Å². The number of hydrogen-bond donors (Lipinski definition) is 0. The Morgan fingerprint density at radius 3 is 2.00 bits per heavy atom. The van der Waals surface area contributed by atoms with E-state index in [1.165, 1.54) is 0 Å². The summed E-state index contributed by atoms with van der Waals surface area (Å²) in [6.07, 6.45) is 1.67. The molecule has 0 rings (SSSR count). The van der Waals surface area contributed by atoms with Gasteiger partial charge < -0.3 is 0 Å². The number of allylic oxidation sites excluding steroid dienone is 1. The fraction of sp³-hybridized carbons (Fsp3) is 0. The summed E-state index contributed by atoms with van der Waals surface area (Å²) in [6.45, 7) is 3.38. The number of rotatable bonds is 1. The van der Waals surface area contributed by atoms with Crippen LogP contribution in [0.25, 0.3) is 0 Å². The molecule has 0 heterocycles. The van der Waals surface area contributed by atoms with Crippen LogP contribution in [-0.2, 0) is 0 Å². The van der Waals surface area contributed by atoms with E-state index in [-0.39, 0.29) is 0 Å². The summed E-state index contributed by atoms with van der Waals surface area (Å²) >= 11 is 3.01. The Balaban J connectivity index is 2.30. The zero-order chi connectivity index (χ0) is 3.41. The summed E-state index contributed by atoms with van der Waals surface area (Å²) in [5.74, 6) is 0. The molecule has 23 valence electrons. The second-order valence-corrected chi connectivity index (χ2v) is 0.890. The Kier molecular flexibility index (Phi) is 3.40. The van der Waals surface area contributed by atoms with Crippen molar-refractivity contribution >= 4 is 15.9 Å². The van der Waals surface area contributed by atoms with Gasteiger partial charge in [-0.3, -0.25) is 0 Å². The van der Waals surface area contributed by atoms with Crippen LogP contribution < -0.4 is 0 Å². The van der Waals surface area contributed by atoms with E-state index in [9.17, 15) is 0 Å². The molecule has 1 heteroatoms. The first kappa shape index (κ1) is 4.22. The molecule has 0 saturated carbocycles. The maximum absolute atomic E-state index is 3.38. The molecule has 0 aromatic heterocycles. The van der Waals surface area contributed by atoms with Crippen molar-refractivity contribution in [3.8, 4) is 0 Å². The van der Waals surface area contributed by atoms with Crippen molar-refractivity contribution in [1.29, 1.82) is 0 Å². The molecule has 0 nitrogen and oxygen atoms in total. The molecule has 0 N–H and O–H groups in total. The maximum atomic E-state index is 3.38. The van der Waals surface area contributed by atoms with Crippen LogP contribution >= 0.6 is 15.9 Å². The molecule has 0 fully saturated rings. The van der Waals surface area contributed by atoms with Gasteiger partial charge in [0.05, 0.1) is 0 Å². The lowest BCUT2D eigenvalue weighted by Gasteiger charge is -1.54. The number of halogens is 1. The lowest BCUT2D eigenvalue weighted by atomic mass is 10.8. The van der Waals surface area contributed by atoms with E-state index in [4.69, 9.17) is 0 Å². The molecule has 4 heavy (non-hydrogen) atoms. The van der Waals surface area contributed by atoms with Crippen molar-refractivity contribution < 1.29 is 0 Å². The fourth-order valence-corrected chi connectivity index (χ4v) is 0. The molecule has 1 radical (unpaired) electrons. The zero-order valence-electron chi connectivity index (χ0n) is 2.24. The van der Waals surface area contributed by atoms with Crippen molar-refractivity contribution in [2.75, 3.05) is 0 Å². The van der Waals surface area contributed by atoms with Gasteiger partial charge in [0.2, 0.25) is 0 Å². The largest absolute Gasteiger partial charge is 0.102 e. The van der Waals surface area contributed by atoms with Gasteiger partial charge in [-0.1, -0.05) is 22.0 Å². The third kappa shape index (κ3) is 2.22. The molecule has 0 amide bonds. The first-order valence-electron chi connectivity index (χ1n) is 0.960. The van der Waals surface area contributed by atoms with Gasteiger partial charge in [0, 0.05) is 5.33 Å². The number of hydrogen-bond acceptors (Lipinski definition) is 0. The smallest absolute Gasteiger partial charge is 0.0483 e. The van der Waals surface area contributed by atoms with Crippen LogP contribution in [0, 0.1) is 5.33 Å². The molecular weight excluding hydrogens is 116 g/mol. The molecule has 0 bridgehead atoms. The van der Waals surface area contributed by atoms with E-state index >= 15 is 0 Å². The van der Waals surface area contributed by atoms with Crippen molar-refractivity contribution in [2.45, 2.75) is 0 Å². The Morgan fingerprint density at radius 1 is 1.75 bits per heavy atom. The van der Waals surface area contributed by atoms with Crippen molar-refractivity contribution in [2.24, 2.45) is 0 Å². The van der Waals surface area contributed by atoms with Crippen LogP contribution in [0.4, 0.5) is 0 Å². The van der Waals surface area contributed by atoms with Gasteiger partial charge in [0.1, 0.15) is 0 Å². The van der Waals surface area contributed by atoms with Crippen molar-refractivity contribution in [3.63, 3.8) is 0 Å². The highest BCUT2D eigenvalue weighted by Gasteiger charge is 1.49. The molecule has 0 aromatic carbocycles. The topological polar surface area (TPSA) is 0 Å². The third-order valence-electron chi connectivity index (χ3n) is 0.0891. The van der Waals surface area contributed by atoms with Crippen LogP contribution in [0.1, 0.15) is 0 Å². The van der Waals surface area contributed by atoms with Gasteiger partial charge in [0.25, 0.3) is 0 Å². The van der Waals surface area contributed by atoms with Gasteiger partial charge in [-0.15, -0.1) is 6.58 Å². The van der Waals surface area contributed by atoms with Crippen LogP contribution in [0.2, 0.25) is 0 Å². The fourth-order valence-electron chi connectivity index (χ4n) is 0. The zero-order valence-corrected chi connectivity index (χ0v) is 3.83. The van der Waals surface area contributed by atoms with Gasteiger partial charge in [-0.2, -0.15) is 0 Å². The second kappa shape index (κ2) is 3.22. The lowest BCUT2D eigenvalue weighted by molar-refractivity contribution is 2.12. The third-order valence-corrected chi connectivity index (χ3v) is 0.463. The van der Waals surface area contributed by atoms with E-state index in [2.05, 4.69) is 22.5 Å². The summed E-state index contributed by atoms with van der Waals surface area (Å²) in [5.41, 5.74) is 0. The van der Waals surface area contributed by atoms with E-state index in [1.807, 2.05) is 0 Å². The standard InChI is InChI=1S/C3H4Br/c1-2-3-4/h2-3H,1H2. The lowest BCUT2D eigenvalue weighted by Crippen LogP contribution is -1.29. The van der Waals surface area contributed by atoms with Crippen LogP contribution in [0.5, 0.6) is 0 Å². The Morgan fingerprint density at radius 2 is 2.00 bits per heavy atom. The minimum atomic E-state index is 1.67. The summed E-state index contributed by atoms with van der Waals surface area (Å²) in [5, 5.41) is 1.70. The molecule has 0 atom stereocenters. The quantitative estimate of drug-likeness (QED) is 0.494. The SMILES string of the molecule is C=C[CH]Br. The molecule has 0 aliphatic carbocycles. The first-order chi connectivity index (χ1) is 1.91. The predicted octanol–water partition coefficient (Wildman–Crippen LogP) is 1.73. The summed E-state index contributed by atoms with van der Waals surface area (Å²) in [4.78, 5) is 0. The molecule has 0 spiro atoms. The van der Waals surface area contributed by atoms with Gasteiger partial charge in [-0.05, 0) is 0 Å². The van der Waals surface area contributed by atoms with Gasteiger partial charge >= 0.3 is 0 Å². The maximum Gasteiger partial charge on any atom is 0.0483 e. The van der Waals surface area contributed by atoms with Gasteiger partial charge in [-0.25, -0.2) is 0 Å². The highest BCUT2D eigenvalue weighted by Crippen LogP contribution is 1.83. The summed E-state index contributed by atoms with van der Waals surface area (Å²) in [7, 11) is 0. The monoisotopic (exact) mass is 119 g/mol. The van der Waals surface area contributed by atoms with E-state index in [1.54, 1.807) is 11.4 Å². The average Bonchev–Trinajstić information content (AvgIpc) is 1.37. The normalized spacial score (nSPS) is 6.25. The average molecular weight is 120 g/mol. The predicted molar refractivity (Wildman–Crippen MR) is 23.4 cm³/mol. The molecule has 0 unspecified atom stereocenters. The molecule has 0 aromatic rings. The molecule has 0 aliphatic heterocycles. The van der Waals surface area contributed by atoms with E-state index < -0.39 is 0 Å². The summed E-state index contributed by atoms with van der Waals surface area (Å²) < 4.78 is 0. The Labute approximate surface area is 34.6 Å². The van der Waals surface area contributed by atoms with Crippen LogP contribution in [-0.4, -0.2) is 0 Å². The highest BCUT2D eigenvalue weighted by atomic mass is 79.9. The second-order valence-electron chi connectivity index (χ2n) is 0.362. The Hall–Kier alpha value is 0.220. The molecule has 0 aliphatic rings. The molecular formula is C3H4Br.